The summed E-state index contributed by atoms with van der Waals surface area (Å²) in [6, 6.07) is 5.10. The second-order valence-electron chi connectivity index (χ2n) is 4.81. The monoisotopic (exact) mass is 297 g/mol. The summed E-state index contributed by atoms with van der Waals surface area (Å²) in [6.07, 6.45) is 2.17. The number of halogens is 2. The summed E-state index contributed by atoms with van der Waals surface area (Å²) in [6.45, 7) is 0. The van der Waals surface area contributed by atoms with Gasteiger partial charge in [-0.25, -0.2) is 4.68 Å². The molecule has 3 rings (SSSR count). The molecular formula is C13H13Cl2N3O. The van der Waals surface area contributed by atoms with Crippen molar-refractivity contribution in [2.45, 2.75) is 18.8 Å². The van der Waals surface area contributed by atoms with Crippen molar-refractivity contribution in [3.63, 3.8) is 0 Å². The Bertz CT molecular complexity index is 713. The number of anilines is 1. The Morgan fingerprint density at radius 1 is 1.26 bits per heavy atom. The molecule has 0 bridgehead atoms. The lowest BCUT2D eigenvalue weighted by molar-refractivity contribution is 0.616. The summed E-state index contributed by atoms with van der Waals surface area (Å²) in [4.78, 5) is 12.3. The molecule has 19 heavy (non-hydrogen) atoms. The standard InChI is InChI=1S/C13H13Cl2N3O/c1-17-12(7-2-3-7)11(16)13(19)18(17)8-4-5-9(14)10(15)6-8/h4-7H,2-3,16H2,1H3. The molecule has 4 nitrogen and oxygen atoms in total. The van der Waals surface area contributed by atoms with Gasteiger partial charge in [-0.15, -0.1) is 0 Å². The van der Waals surface area contributed by atoms with Gasteiger partial charge in [-0.3, -0.25) is 9.48 Å². The summed E-state index contributed by atoms with van der Waals surface area (Å²) in [5.41, 5.74) is 7.64. The lowest BCUT2D eigenvalue weighted by Crippen LogP contribution is -2.20. The van der Waals surface area contributed by atoms with Crippen LogP contribution in [0.15, 0.2) is 23.0 Å². The fourth-order valence-electron chi connectivity index (χ4n) is 2.39. The molecule has 0 spiro atoms. The number of aromatic nitrogens is 2. The topological polar surface area (TPSA) is 52.9 Å². The number of rotatable bonds is 2. The van der Waals surface area contributed by atoms with E-state index in [1.54, 1.807) is 18.2 Å². The van der Waals surface area contributed by atoms with Crippen LogP contribution in [0.2, 0.25) is 10.0 Å². The van der Waals surface area contributed by atoms with Crippen LogP contribution in [0.1, 0.15) is 24.5 Å². The van der Waals surface area contributed by atoms with Crippen molar-refractivity contribution in [2.75, 3.05) is 5.73 Å². The molecular weight excluding hydrogens is 285 g/mol. The summed E-state index contributed by atoms with van der Waals surface area (Å²) >= 11 is 11.9. The van der Waals surface area contributed by atoms with Crippen LogP contribution in [0.25, 0.3) is 5.69 Å². The van der Waals surface area contributed by atoms with Gasteiger partial charge in [0.1, 0.15) is 5.69 Å². The fraction of sp³-hybridized carbons (Fsp3) is 0.308. The van der Waals surface area contributed by atoms with E-state index in [1.165, 1.54) is 4.68 Å². The molecule has 1 aromatic heterocycles. The summed E-state index contributed by atoms with van der Waals surface area (Å²) in [5.74, 6) is 0.404. The summed E-state index contributed by atoms with van der Waals surface area (Å²) < 4.78 is 3.35. The van der Waals surface area contributed by atoms with Gasteiger partial charge in [-0.2, -0.15) is 0 Å². The molecule has 1 heterocycles. The predicted molar refractivity (Wildman–Crippen MR) is 77.4 cm³/mol. The molecule has 0 amide bonds. The van der Waals surface area contributed by atoms with Crippen molar-refractivity contribution in [1.82, 2.24) is 9.36 Å². The van der Waals surface area contributed by atoms with Crippen LogP contribution < -0.4 is 11.3 Å². The zero-order valence-electron chi connectivity index (χ0n) is 10.4. The number of nitrogens with zero attached hydrogens (tertiary/aromatic N) is 2. The van der Waals surface area contributed by atoms with Crippen LogP contribution in [-0.2, 0) is 7.05 Å². The van der Waals surface area contributed by atoms with E-state index in [2.05, 4.69) is 0 Å². The molecule has 1 aliphatic rings. The van der Waals surface area contributed by atoms with E-state index < -0.39 is 0 Å². The molecule has 1 aromatic carbocycles. The number of benzene rings is 1. The average molecular weight is 298 g/mol. The van der Waals surface area contributed by atoms with Crippen LogP contribution in [0.4, 0.5) is 5.69 Å². The third kappa shape index (κ3) is 1.95. The first-order valence-corrected chi connectivity index (χ1v) is 6.79. The maximum atomic E-state index is 12.3. The Morgan fingerprint density at radius 2 is 1.95 bits per heavy atom. The Labute approximate surface area is 120 Å². The molecule has 0 radical (unpaired) electrons. The maximum absolute atomic E-state index is 12.3. The first-order valence-electron chi connectivity index (χ1n) is 6.03. The van der Waals surface area contributed by atoms with Gasteiger partial charge in [0.25, 0.3) is 5.56 Å². The molecule has 6 heteroatoms. The predicted octanol–water partition coefficient (Wildman–Crippen LogP) is 2.94. The molecule has 2 aromatic rings. The van der Waals surface area contributed by atoms with Crippen molar-refractivity contribution in [3.05, 3.63) is 44.3 Å². The van der Waals surface area contributed by atoms with E-state index in [9.17, 15) is 4.79 Å². The second kappa shape index (κ2) is 4.32. The highest BCUT2D eigenvalue weighted by atomic mass is 35.5. The second-order valence-corrected chi connectivity index (χ2v) is 5.63. The molecule has 100 valence electrons. The van der Waals surface area contributed by atoms with Crippen molar-refractivity contribution < 1.29 is 0 Å². The van der Waals surface area contributed by atoms with Crippen molar-refractivity contribution in [2.24, 2.45) is 7.05 Å². The van der Waals surface area contributed by atoms with Crippen molar-refractivity contribution >= 4 is 28.9 Å². The van der Waals surface area contributed by atoms with Crippen molar-refractivity contribution in [3.8, 4) is 5.69 Å². The zero-order chi connectivity index (χ0) is 13.7. The zero-order valence-corrected chi connectivity index (χ0v) is 11.9. The third-order valence-electron chi connectivity index (χ3n) is 3.46. The fourth-order valence-corrected chi connectivity index (χ4v) is 2.68. The van der Waals surface area contributed by atoms with Crippen LogP contribution in [0.3, 0.4) is 0 Å². The Morgan fingerprint density at radius 3 is 2.53 bits per heavy atom. The van der Waals surface area contributed by atoms with Gasteiger partial charge in [-0.1, -0.05) is 23.2 Å². The highest BCUT2D eigenvalue weighted by Gasteiger charge is 2.31. The third-order valence-corrected chi connectivity index (χ3v) is 4.20. The van der Waals surface area contributed by atoms with Crippen molar-refractivity contribution in [1.29, 1.82) is 0 Å². The maximum Gasteiger partial charge on any atom is 0.294 e. The van der Waals surface area contributed by atoms with Gasteiger partial charge < -0.3 is 5.73 Å². The van der Waals surface area contributed by atoms with Crippen LogP contribution >= 0.6 is 23.2 Å². The van der Waals surface area contributed by atoms with E-state index in [4.69, 9.17) is 28.9 Å². The van der Waals surface area contributed by atoms with Gasteiger partial charge in [0.05, 0.1) is 21.4 Å². The van der Waals surface area contributed by atoms with E-state index >= 15 is 0 Å². The normalized spacial score (nSPS) is 14.9. The highest BCUT2D eigenvalue weighted by molar-refractivity contribution is 6.42. The number of hydrogen-bond donors (Lipinski definition) is 1. The minimum Gasteiger partial charge on any atom is -0.393 e. The van der Waals surface area contributed by atoms with Crippen LogP contribution in [0, 0.1) is 0 Å². The van der Waals surface area contributed by atoms with Gasteiger partial charge in [0.2, 0.25) is 0 Å². The van der Waals surface area contributed by atoms with Crippen LogP contribution in [-0.4, -0.2) is 9.36 Å². The van der Waals surface area contributed by atoms with Crippen LogP contribution in [0.5, 0.6) is 0 Å². The first kappa shape index (κ1) is 12.6. The molecule has 1 aliphatic carbocycles. The van der Waals surface area contributed by atoms with E-state index in [0.29, 0.717) is 27.3 Å². The quantitative estimate of drug-likeness (QED) is 0.926. The molecule has 0 atom stereocenters. The number of hydrogen-bond acceptors (Lipinski definition) is 2. The highest BCUT2D eigenvalue weighted by Crippen LogP contribution is 2.42. The average Bonchev–Trinajstić information content (AvgIpc) is 3.15. The summed E-state index contributed by atoms with van der Waals surface area (Å²) in [5, 5.41) is 0.877. The largest absolute Gasteiger partial charge is 0.393 e. The lowest BCUT2D eigenvalue weighted by atomic mass is 10.2. The molecule has 2 N–H and O–H groups in total. The van der Waals surface area contributed by atoms with E-state index in [-0.39, 0.29) is 5.56 Å². The van der Waals surface area contributed by atoms with Gasteiger partial charge in [0, 0.05) is 13.0 Å². The lowest BCUT2D eigenvalue weighted by Gasteiger charge is -2.10. The molecule has 1 saturated carbocycles. The van der Waals surface area contributed by atoms with Gasteiger partial charge >= 0.3 is 0 Å². The molecule has 1 fully saturated rings. The van der Waals surface area contributed by atoms with Gasteiger partial charge in [0.15, 0.2) is 0 Å². The first-order chi connectivity index (χ1) is 9.00. The van der Waals surface area contributed by atoms with Gasteiger partial charge in [-0.05, 0) is 31.0 Å². The van der Waals surface area contributed by atoms with E-state index in [0.717, 1.165) is 18.5 Å². The summed E-state index contributed by atoms with van der Waals surface area (Å²) in [7, 11) is 1.84. The molecule has 0 unspecified atom stereocenters. The minimum atomic E-state index is -0.206. The Kier molecular flexibility index (Phi) is 2.87. The Hall–Kier alpha value is -1.39. The minimum absolute atomic E-state index is 0.206. The Balaban J connectivity index is 2.22. The number of nitrogen functional groups attached to an aromatic ring is 1. The van der Waals surface area contributed by atoms with E-state index in [1.807, 2.05) is 11.7 Å². The smallest absolute Gasteiger partial charge is 0.294 e. The SMILES string of the molecule is Cn1c(C2CC2)c(N)c(=O)n1-c1ccc(Cl)c(Cl)c1. The number of nitrogens with two attached hydrogens (primary N) is 1. The molecule has 0 saturated heterocycles. The molecule has 0 aliphatic heterocycles.